The van der Waals surface area contributed by atoms with Crippen LogP contribution in [-0.4, -0.2) is 22.7 Å². The highest BCUT2D eigenvalue weighted by atomic mass is 16.7. The summed E-state index contributed by atoms with van der Waals surface area (Å²) in [6.45, 7) is 2.27. The van der Waals surface area contributed by atoms with Gasteiger partial charge in [0.05, 0.1) is 17.0 Å². The maximum atomic E-state index is 13.6. The van der Waals surface area contributed by atoms with Crippen LogP contribution < -0.4 is 14.9 Å². The Labute approximate surface area is 188 Å². The maximum absolute atomic E-state index is 13.6. The van der Waals surface area contributed by atoms with E-state index in [1.165, 1.54) is 0 Å². The zero-order valence-corrected chi connectivity index (χ0v) is 17.7. The van der Waals surface area contributed by atoms with Crippen LogP contribution in [0.4, 0.5) is 0 Å². The van der Waals surface area contributed by atoms with E-state index in [2.05, 4.69) is 0 Å². The highest BCUT2D eigenvalue weighted by Gasteiger charge is 2.43. The fraction of sp³-hybridized carbons (Fsp3) is 0.154. The third-order valence-electron chi connectivity index (χ3n) is 6.10. The SMILES string of the molecule is Cc1ccc2oc3c(c(=O)c2c1)[C@H](c1cccc(O)c1)N(Cc1ccc2c(c1)OCO2)C3=O. The first-order chi connectivity index (χ1) is 16.0. The number of phenolic OH excluding ortho intramolecular Hbond substituents is 1. The Bertz CT molecular complexity index is 1500. The Morgan fingerprint density at radius 2 is 1.85 bits per heavy atom. The van der Waals surface area contributed by atoms with Gasteiger partial charge in [0.25, 0.3) is 5.91 Å². The molecule has 0 spiro atoms. The molecule has 3 heterocycles. The average molecular weight is 441 g/mol. The quantitative estimate of drug-likeness (QED) is 0.511. The molecule has 7 heteroatoms. The molecule has 0 saturated carbocycles. The molecule has 1 amide bonds. The van der Waals surface area contributed by atoms with Gasteiger partial charge in [-0.25, -0.2) is 0 Å². The van der Waals surface area contributed by atoms with Crippen molar-refractivity contribution in [2.24, 2.45) is 0 Å². The fourth-order valence-corrected chi connectivity index (χ4v) is 4.57. The Hall–Kier alpha value is -4.26. The summed E-state index contributed by atoms with van der Waals surface area (Å²) in [5.41, 5.74) is 2.78. The van der Waals surface area contributed by atoms with Gasteiger partial charge in [-0.2, -0.15) is 0 Å². The predicted octanol–water partition coefficient (Wildman–Crippen LogP) is 4.28. The van der Waals surface area contributed by atoms with Crippen molar-refractivity contribution in [3.8, 4) is 17.2 Å². The summed E-state index contributed by atoms with van der Waals surface area (Å²) in [4.78, 5) is 28.7. The van der Waals surface area contributed by atoms with E-state index in [0.717, 1.165) is 11.1 Å². The zero-order valence-electron chi connectivity index (χ0n) is 17.7. The number of carbonyl (C=O) groups excluding carboxylic acids is 1. The minimum Gasteiger partial charge on any atom is -0.508 e. The Kier molecular flexibility index (Phi) is 4.20. The molecule has 1 atom stereocenters. The van der Waals surface area contributed by atoms with E-state index >= 15 is 0 Å². The molecule has 2 aliphatic heterocycles. The van der Waals surface area contributed by atoms with Crippen molar-refractivity contribution in [1.29, 1.82) is 0 Å². The van der Waals surface area contributed by atoms with Crippen LogP contribution in [0.1, 0.15) is 38.9 Å². The van der Waals surface area contributed by atoms with E-state index < -0.39 is 6.04 Å². The van der Waals surface area contributed by atoms with E-state index in [1.54, 1.807) is 47.4 Å². The lowest BCUT2D eigenvalue weighted by atomic mass is 9.97. The number of ether oxygens (including phenoxy) is 2. The summed E-state index contributed by atoms with van der Waals surface area (Å²) in [5, 5.41) is 10.5. The molecule has 0 radical (unpaired) electrons. The Balaban J connectivity index is 1.53. The summed E-state index contributed by atoms with van der Waals surface area (Å²) in [6, 6.07) is 16.7. The summed E-state index contributed by atoms with van der Waals surface area (Å²) in [6.07, 6.45) is 0. The van der Waals surface area contributed by atoms with Crippen LogP contribution in [0.2, 0.25) is 0 Å². The van der Waals surface area contributed by atoms with E-state index in [9.17, 15) is 14.7 Å². The van der Waals surface area contributed by atoms with Gasteiger partial charge < -0.3 is 23.9 Å². The smallest absolute Gasteiger partial charge is 0.291 e. The summed E-state index contributed by atoms with van der Waals surface area (Å²) in [5.74, 6) is 0.970. The van der Waals surface area contributed by atoms with Crippen molar-refractivity contribution >= 4 is 16.9 Å². The van der Waals surface area contributed by atoms with Crippen molar-refractivity contribution < 1.29 is 23.8 Å². The first kappa shape index (κ1) is 19.4. The number of fused-ring (bicyclic) bond motifs is 3. The van der Waals surface area contributed by atoms with Crippen LogP contribution in [-0.2, 0) is 6.54 Å². The number of rotatable bonds is 3. The summed E-state index contributed by atoms with van der Waals surface area (Å²) in [7, 11) is 0. The summed E-state index contributed by atoms with van der Waals surface area (Å²) >= 11 is 0. The van der Waals surface area contributed by atoms with Crippen molar-refractivity contribution in [2.75, 3.05) is 6.79 Å². The van der Waals surface area contributed by atoms with Crippen LogP contribution in [0.5, 0.6) is 17.2 Å². The van der Waals surface area contributed by atoms with Gasteiger partial charge in [-0.05, 0) is 54.4 Å². The fourth-order valence-electron chi connectivity index (χ4n) is 4.57. The van der Waals surface area contributed by atoms with Gasteiger partial charge >= 0.3 is 0 Å². The molecule has 2 aliphatic rings. The van der Waals surface area contributed by atoms with Crippen molar-refractivity contribution in [2.45, 2.75) is 19.5 Å². The van der Waals surface area contributed by atoms with Gasteiger partial charge in [0.1, 0.15) is 11.3 Å². The molecule has 0 fully saturated rings. The van der Waals surface area contributed by atoms with Crippen molar-refractivity contribution in [3.63, 3.8) is 0 Å². The minimum absolute atomic E-state index is 0.0328. The van der Waals surface area contributed by atoms with E-state index in [1.807, 2.05) is 25.1 Å². The molecular formula is C26H19NO6. The minimum atomic E-state index is -0.703. The van der Waals surface area contributed by atoms with Gasteiger partial charge in [-0.15, -0.1) is 0 Å². The van der Waals surface area contributed by atoms with Gasteiger partial charge in [0, 0.05) is 6.54 Å². The average Bonchev–Trinajstić information content (AvgIpc) is 3.37. The van der Waals surface area contributed by atoms with Crippen LogP contribution in [0.15, 0.2) is 69.9 Å². The molecule has 164 valence electrons. The zero-order chi connectivity index (χ0) is 22.7. The lowest BCUT2D eigenvalue weighted by Gasteiger charge is -2.25. The number of phenols is 1. The highest BCUT2D eigenvalue weighted by Crippen LogP contribution is 2.41. The first-order valence-corrected chi connectivity index (χ1v) is 10.6. The third kappa shape index (κ3) is 3.04. The van der Waals surface area contributed by atoms with Gasteiger partial charge in [-0.3, -0.25) is 9.59 Å². The summed E-state index contributed by atoms with van der Waals surface area (Å²) < 4.78 is 16.8. The molecule has 1 aromatic heterocycles. The van der Waals surface area contributed by atoms with E-state index in [-0.39, 0.29) is 41.7 Å². The molecule has 0 aliphatic carbocycles. The number of aromatic hydroxyl groups is 1. The van der Waals surface area contributed by atoms with Gasteiger partial charge in [0.2, 0.25) is 12.6 Å². The molecule has 33 heavy (non-hydrogen) atoms. The standard InChI is InChI=1S/C26H19NO6/c1-14-5-7-19-18(9-14)24(29)22-23(16-3-2-4-17(28)11-16)27(26(30)25(22)33-19)12-15-6-8-20-21(10-15)32-13-31-20/h2-11,23,28H,12-13H2,1H3/t23-/m0/s1. The molecular weight excluding hydrogens is 422 g/mol. The molecule has 4 aromatic rings. The number of hydrogen-bond donors (Lipinski definition) is 1. The van der Waals surface area contributed by atoms with Gasteiger partial charge in [-0.1, -0.05) is 29.8 Å². The van der Waals surface area contributed by atoms with E-state index in [4.69, 9.17) is 13.9 Å². The number of benzene rings is 3. The largest absolute Gasteiger partial charge is 0.508 e. The third-order valence-corrected chi connectivity index (χ3v) is 6.10. The second kappa shape index (κ2) is 7.13. The van der Waals surface area contributed by atoms with E-state index in [0.29, 0.717) is 28.0 Å². The lowest BCUT2D eigenvalue weighted by molar-refractivity contribution is 0.0714. The maximum Gasteiger partial charge on any atom is 0.291 e. The molecule has 7 nitrogen and oxygen atoms in total. The first-order valence-electron chi connectivity index (χ1n) is 10.6. The van der Waals surface area contributed by atoms with Gasteiger partial charge in [0.15, 0.2) is 16.9 Å². The second-order valence-corrected chi connectivity index (χ2v) is 8.29. The van der Waals surface area contributed by atoms with Crippen LogP contribution >= 0.6 is 0 Å². The molecule has 0 saturated heterocycles. The predicted molar refractivity (Wildman–Crippen MR) is 120 cm³/mol. The number of amides is 1. The normalized spacial score (nSPS) is 16.5. The second-order valence-electron chi connectivity index (χ2n) is 8.29. The monoisotopic (exact) mass is 441 g/mol. The topological polar surface area (TPSA) is 89.2 Å². The van der Waals surface area contributed by atoms with Crippen LogP contribution in [0.3, 0.4) is 0 Å². The Morgan fingerprint density at radius 3 is 2.70 bits per heavy atom. The number of nitrogens with zero attached hydrogens (tertiary/aromatic N) is 1. The number of carbonyl (C=O) groups is 1. The molecule has 0 unspecified atom stereocenters. The van der Waals surface area contributed by atoms with Crippen LogP contribution in [0.25, 0.3) is 11.0 Å². The van der Waals surface area contributed by atoms with Crippen LogP contribution in [0, 0.1) is 6.92 Å². The molecule has 3 aromatic carbocycles. The van der Waals surface area contributed by atoms with Crippen molar-refractivity contribution in [1.82, 2.24) is 4.90 Å². The molecule has 6 rings (SSSR count). The lowest BCUT2D eigenvalue weighted by Crippen LogP contribution is -2.29. The molecule has 0 bridgehead atoms. The van der Waals surface area contributed by atoms with Crippen molar-refractivity contribution in [3.05, 3.63) is 98.9 Å². The highest BCUT2D eigenvalue weighted by molar-refractivity contribution is 5.99. The Morgan fingerprint density at radius 1 is 1.00 bits per heavy atom. The number of hydrogen-bond acceptors (Lipinski definition) is 6. The molecule has 1 N–H and O–H groups in total. The number of aryl methyl sites for hydroxylation is 1.